The predicted molar refractivity (Wildman–Crippen MR) is 132 cm³/mol. The summed E-state index contributed by atoms with van der Waals surface area (Å²) in [6, 6.07) is 12.5. The van der Waals surface area contributed by atoms with Crippen molar-refractivity contribution in [3.8, 4) is 5.95 Å². The number of aliphatic hydroxyl groups excluding tert-OH is 1. The van der Waals surface area contributed by atoms with Crippen molar-refractivity contribution in [1.82, 2.24) is 28.7 Å². The molecule has 0 saturated carbocycles. The minimum Gasteiger partial charge on any atom is -0.468 e. The van der Waals surface area contributed by atoms with Gasteiger partial charge >= 0.3 is 11.7 Å². The normalized spacial score (nSPS) is 17.4. The van der Waals surface area contributed by atoms with Crippen LogP contribution in [0.2, 0.25) is 0 Å². The fraction of sp³-hybridized carbons (Fsp3) is 0.240. The third-order valence-corrected chi connectivity index (χ3v) is 6.73. The van der Waals surface area contributed by atoms with Gasteiger partial charge in [-0.2, -0.15) is 4.98 Å². The summed E-state index contributed by atoms with van der Waals surface area (Å²) in [6.45, 7) is -0.275. The molecular weight excluding hydrogens is 462 g/mol. The monoisotopic (exact) mass is 485 g/mol. The Bertz CT molecular complexity index is 1700. The minimum atomic E-state index is -0.607. The highest BCUT2D eigenvalue weighted by Gasteiger charge is 2.31. The second-order valence-electron chi connectivity index (χ2n) is 8.79. The van der Waals surface area contributed by atoms with E-state index in [0.717, 1.165) is 22.2 Å². The van der Waals surface area contributed by atoms with E-state index in [2.05, 4.69) is 9.97 Å². The number of hydrogen-bond donors (Lipinski definition) is 2. The number of carbonyl (C=O) groups is 1. The van der Waals surface area contributed by atoms with Gasteiger partial charge in [-0.1, -0.05) is 24.3 Å². The van der Waals surface area contributed by atoms with Crippen LogP contribution in [0.4, 0.5) is 5.69 Å². The molecule has 0 radical (unpaired) electrons. The summed E-state index contributed by atoms with van der Waals surface area (Å²) in [5, 5.41) is 10.6. The van der Waals surface area contributed by atoms with E-state index in [0.29, 0.717) is 35.6 Å². The number of imidazole rings is 2. The number of nitrogen functional groups attached to an aromatic ring is 1. The number of benzene rings is 2. The fourth-order valence-electron chi connectivity index (χ4n) is 4.99. The predicted octanol–water partition coefficient (Wildman–Crippen LogP) is 2.10. The maximum Gasteiger partial charge on any atom is 0.331 e. The molecule has 6 rings (SSSR count). The second kappa shape index (κ2) is 8.31. The average Bonchev–Trinajstić information content (AvgIpc) is 3.42. The Hall–Kier alpha value is -4.51. The van der Waals surface area contributed by atoms with Crippen LogP contribution >= 0.6 is 0 Å². The summed E-state index contributed by atoms with van der Waals surface area (Å²) in [5.41, 5.74) is 10.0. The summed E-state index contributed by atoms with van der Waals surface area (Å²) in [7, 11) is 1.27. The molecule has 0 unspecified atom stereocenters. The first kappa shape index (κ1) is 22.0. The number of ether oxygens (including phenoxy) is 1. The molecule has 0 fully saturated rings. The van der Waals surface area contributed by atoms with E-state index >= 15 is 0 Å². The number of aliphatic hydroxyl groups is 1. The number of nitrogens with zero attached hydrogens (tertiary/aromatic N) is 6. The van der Waals surface area contributed by atoms with E-state index in [4.69, 9.17) is 15.5 Å². The number of nitrogens with two attached hydrogens (primary N) is 1. The molecule has 0 bridgehead atoms. The lowest BCUT2D eigenvalue weighted by molar-refractivity contribution is -0.141. The molecule has 36 heavy (non-hydrogen) atoms. The molecule has 3 N–H and O–H groups in total. The van der Waals surface area contributed by atoms with Gasteiger partial charge in [-0.3, -0.25) is 18.5 Å². The first-order valence-electron chi connectivity index (χ1n) is 11.5. The Morgan fingerprint density at radius 1 is 1.14 bits per heavy atom. The number of aromatic nitrogens is 6. The zero-order chi connectivity index (χ0) is 25.0. The minimum absolute atomic E-state index is 0.275. The van der Waals surface area contributed by atoms with Gasteiger partial charge < -0.3 is 15.6 Å². The first-order chi connectivity index (χ1) is 17.5. The van der Waals surface area contributed by atoms with Crippen molar-refractivity contribution < 1.29 is 14.6 Å². The van der Waals surface area contributed by atoms with Crippen molar-refractivity contribution >= 4 is 33.9 Å². The van der Waals surface area contributed by atoms with Gasteiger partial charge in [0.15, 0.2) is 5.65 Å². The molecule has 3 heterocycles. The Morgan fingerprint density at radius 2 is 1.94 bits per heavy atom. The number of hydrogen-bond acceptors (Lipinski definition) is 8. The van der Waals surface area contributed by atoms with Crippen LogP contribution in [0.1, 0.15) is 36.1 Å². The van der Waals surface area contributed by atoms with Crippen LogP contribution in [-0.4, -0.2) is 46.8 Å². The maximum absolute atomic E-state index is 13.7. The lowest BCUT2D eigenvalue weighted by atomic mass is 9.85. The summed E-state index contributed by atoms with van der Waals surface area (Å²) >= 11 is 0. The smallest absolute Gasteiger partial charge is 0.331 e. The summed E-state index contributed by atoms with van der Waals surface area (Å²) < 4.78 is 9.43. The zero-order valence-corrected chi connectivity index (χ0v) is 19.4. The van der Waals surface area contributed by atoms with Gasteiger partial charge in [0.1, 0.15) is 18.4 Å². The van der Waals surface area contributed by atoms with Crippen LogP contribution in [0.15, 0.2) is 59.8 Å². The number of fused-ring (bicyclic) bond motifs is 3. The average molecular weight is 486 g/mol. The summed E-state index contributed by atoms with van der Waals surface area (Å²) in [5.74, 6) is -0.250. The van der Waals surface area contributed by atoms with E-state index in [1.165, 1.54) is 17.9 Å². The van der Waals surface area contributed by atoms with E-state index in [1.807, 2.05) is 30.3 Å². The van der Waals surface area contributed by atoms with E-state index in [1.54, 1.807) is 27.6 Å². The second-order valence-corrected chi connectivity index (χ2v) is 8.79. The van der Waals surface area contributed by atoms with Gasteiger partial charge in [-0.25, -0.2) is 14.8 Å². The third kappa shape index (κ3) is 3.35. The van der Waals surface area contributed by atoms with Gasteiger partial charge in [-0.05, 0) is 42.2 Å². The molecule has 3 aromatic heterocycles. The molecule has 2 aromatic carbocycles. The molecule has 1 aliphatic rings. The van der Waals surface area contributed by atoms with Crippen molar-refractivity contribution in [2.75, 3.05) is 12.8 Å². The van der Waals surface area contributed by atoms with Crippen LogP contribution in [-0.2, 0) is 16.1 Å². The van der Waals surface area contributed by atoms with Crippen LogP contribution in [0.25, 0.3) is 28.1 Å². The molecule has 11 heteroatoms. The Balaban J connectivity index is 1.60. The molecule has 0 saturated heterocycles. The molecule has 0 aliphatic heterocycles. The molecule has 0 amide bonds. The molecule has 182 valence electrons. The lowest BCUT2D eigenvalue weighted by Gasteiger charge is -2.29. The van der Waals surface area contributed by atoms with Crippen LogP contribution in [0.5, 0.6) is 0 Å². The standard InChI is InChI=1S/C25H23N7O4/c1-36-22(34)12-30-20-11-27-24(31-13-28-17-7-6-14(26)10-19(17)31)29-23(20)32(25(30)35)18-8-9-21(33)16-5-3-2-4-15(16)18/h2-7,10-11,13,18,21,33H,8-9,12,26H2,1H3/t18-,21-/m1/s1. The van der Waals surface area contributed by atoms with Crippen LogP contribution < -0.4 is 11.4 Å². The van der Waals surface area contributed by atoms with Gasteiger partial charge in [0.05, 0.1) is 36.5 Å². The summed E-state index contributed by atoms with van der Waals surface area (Å²) in [4.78, 5) is 39.6. The van der Waals surface area contributed by atoms with E-state index < -0.39 is 17.8 Å². The highest BCUT2D eigenvalue weighted by atomic mass is 16.5. The van der Waals surface area contributed by atoms with E-state index in [9.17, 15) is 14.7 Å². The molecule has 0 spiro atoms. The third-order valence-electron chi connectivity index (χ3n) is 6.73. The van der Waals surface area contributed by atoms with Crippen molar-refractivity contribution in [3.05, 3.63) is 76.6 Å². The highest BCUT2D eigenvalue weighted by molar-refractivity contribution is 5.81. The van der Waals surface area contributed by atoms with Crippen LogP contribution in [0, 0.1) is 0 Å². The van der Waals surface area contributed by atoms with Crippen molar-refractivity contribution in [3.63, 3.8) is 0 Å². The quantitative estimate of drug-likeness (QED) is 0.291. The number of esters is 1. The highest BCUT2D eigenvalue weighted by Crippen LogP contribution is 2.38. The number of rotatable bonds is 4. The molecule has 11 nitrogen and oxygen atoms in total. The maximum atomic E-state index is 13.7. The van der Waals surface area contributed by atoms with Crippen molar-refractivity contribution in [1.29, 1.82) is 0 Å². The molecule has 2 atom stereocenters. The summed E-state index contributed by atoms with van der Waals surface area (Å²) in [6.07, 6.45) is 3.54. The molecule has 5 aromatic rings. The van der Waals surface area contributed by atoms with Crippen molar-refractivity contribution in [2.45, 2.75) is 31.5 Å². The first-order valence-corrected chi connectivity index (χ1v) is 11.5. The Labute approximate surface area is 204 Å². The van der Waals surface area contributed by atoms with Crippen LogP contribution in [0.3, 0.4) is 0 Å². The number of anilines is 1. The zero-order valence-electron chi connectivity index (χ0n) is 19.4. The topological polar surface area (TPSA) is 143 Å². The SMILES string of the molecule is COC(=O)Cn1c(=O)n([C@@H]2CC[C@@H](O)c3ccccc32)c2nc(-n3cnc4ccc(N)cc43)ncc21. The Morgan fingerprint density at radius 3 is 2.75 bits per heavy atom. The van der Waals surface area contributed by atoms with Gasteiger partial charge in [0.2, 0.25) is 5.95 Å². The largest absolute Gasteiger partial charge is 0.468 e. The Kier molecular flexibility index (Phi) is 5.07. The van der Waals surface area contributed by atoms with Gasteiger partial charge in [-0.15, -0.1) is 0 Å². The van der Waals surface area contributed by atoms with Crippen molar-refractivity contribution in [2.24, 2.45) is 0 Å². The molecular formula is C25H23N7O4. The fourth-order valence-corrected chi connectivity index (χ4v) is 4.99. The molecule has 1 aliphatic carbocycles. The lowest BCUT2D eigenvalue weighted by Crippen LogP contribution is -2.32. The number of carbonyl (C=O) groups excluding carboxylic acids is 1. The van der Waals surface area contributed by atoms with Gasteiger partial charge in [0.25, 0.3) is 0 Å². The number of methoxy groups -OCH3 is 1. The van der Waals surface area contributed by atoms with E-state index in [-0.39, 0.29) is 12.6 Å². The van der Waals surface area contributed by atoms with Gasteiger partial charge in [0, 0.05) is 5.69 Å².